The first-order valence-electron chi connectivity index (χ1n) is 19.2. The van der Waals surface area contributed by atoms with Crippen molar-refractivity contribution in [1.29, 1.82) is 0 Å². The Morgan fingerprint density at radius 1 is 0.885 bits per heavy atom. The van der Waals surface area contributed by atoms with Gasteiger partial charge in [0, 0.05) is 31.1 Å². The van der Waals surface area contributed by atoms with Crippen LogP contribution in [-0.2, 0) is 44.5 Å². The molecule has 2 heterocycles. The van der Waals surface area contributed by atoms with E-state index in [4.69, 9.17) is 18.9 Å². The Morgan fingerprint density at radius 3 is 2.20 bits per heavy atom. The second-order valence-corrected chi connectivity index (χ2v) is 15.9. The maximum absolute atomic E-state index is 14.8. The van der Waals surface area contributed by atoms with Gasteiger partial charge >= 0.3 is 16.9 Å². The summed E-state index contributed by atoms with van der Waals surface area (Å²) in [6.45, 7) is 1.30. The maximum atomic E-state index is 14.8. The van der Waals surface area contributed by atoms with E-state index < -0.39 is 43.9 Å². The minimum absolute atomic E-state index is 0.00947. The van der Waals surface area contributed by atoms with E-state index in [0.29, 0.717) is 50.5 Å². The Bertz CT molecular complexity index is 2420. The molecule has 0 amide bonds. The molecule has 6 rings (SSSR count). The molecule has 0 aliphatic carbocycles. The lowest BCUT2D eigenvalue weighted by atomic mass is 9.92. The molecule has 0 radical (unpaired) electrons. The molecule has 0 aliphatic rings. The normalized spacial score (nSPS) is 12.5. The van der Waals surface area contributed by atoms with Gasteiger partial charge in [-0.1, -0.05) is 48.5 Å². The lowest BCUT2D eigenvalue weighted by Crippen LogP contribution is -2.43. The summed E-state index contributed by atoms with van der Waals surface area (Å²) in [7, 11) is -2.42. The van der Waals surface area contributed by atoms with Gasteiger partial charge < -0.3 is 29.3 Å². The molecule has 322 valence electrons. The fourth-order valence-electron chi connectivity index (χ4n) is 6.33. The molecule has 6 aromatic rings. The molecule has 0 saturated carbocycles. The third-order valence-electron chi connectivity index (χ3n) is 9.22. The number of nitrogens with zero attached hydrogens (tertiary/aromatic N) is 6. The molecule has 1 N–H and O–H groups in total. The monoisotopic (exact) mass is 862 g/mol. The van der Waals surface area contributed by atoms with Crippen molar-refractivity contribution in [2.45, 2.75) is 54.3 Å². The van der Waals surface area contributed by atoms with E-state index >= 15 is 0 Å². The molecule has 16 nitrogen and oxygen atoms in total. The van der Waals surface area contributed by atoms with Crippen molar-refractivity contribution >= 4 is 15.8 Å². The third-order valence-corrected chi connectivity index (χ3v) is 10.9. The van der Waals surface area contributed by atoms with Gasteiger partial charge in [-0.25, -0.2) is 26.9 Å². The average Bonchev–Trinajstić information content (AvgIpc) is 3.89. The minimum atomic E-state index is -4.22. The molecule has 19 heteroatoms. The van der Waals surface area contributed by atoms with E-state index in [1.807, 2.05) is 29.2 Å². The first-order valence-corrected chi connectivity index (χ1v) is 20.7. The number of aliphatic hydroxyl groups is 1. The van der Waals surface area contributed by atoms with Crippen molar-refractivity contribution in [1.82, 2.24) is 24.8 Å². The lowest BCUT2D eigenvalue weighted by Gasteiger charge is -2.33. The van der Waals surface area contributed by atoms with Gasteiger partial charge in [-0.15, -0.1) is 0 Å². The second kappa shape index (κ2) is 20.7. The van der Waals surface area contributed by atoms with E-state index in [1.54, 1.807) is 37.4 Å². The zero-order chi connectivity index (χ0) is 43.2. The summed E-state index contributed by atoms with van der Waals surface area (Å²) >= 11 is 0. The van der Waals surface area contributed by atoms with E-state index in [0.717, 1.165) is 23.3 Å². The maximum Gasteiger partial charge on any atom is 0.414 e. The van der Waals surface area contributed by atoms with E-state index in [1.165, 1.54) is 47.7 Å². The number of hydrogen-bond acceptors (Lipinski definition) is 14. The van der Waals surface area contributed by atoms with Crippen molar-refractivity contribution < 1.29 is 55.6 Å². The number of benzene rings is 4. The highest BCUT2D eigenvalue weighted by molar-refractivity contribution is 7.91. The number of aromatic nitrogens is 5. The van der Waals surface area contributed by atoms with Crippen LogP contribution in [0.4, 0.5) is 8.78 Å². The standard InChI is InChI=1S/C42H44F2N6O10S/c1-48(27-42(52,28-49-30-45-29-46-49)37-19-14-33(43)25-38(37)44)26-32-12-17-35(18-13-32)57-23-7-22-56-34-15-10-31(11-16-34)24-39(51)58-20-5-6-21-59-40-41(50(53)60-47-40)61(54,55)36-8-3-2-4-9-36/h2-4,8-19,25,29-30,52H,5-7,20-24,26-28H2,1H3. The SMILES string of the molecule is CN(Cc1ccc(OCCCOc2ccc(CC(=O)OCCCCOc3no[n+]([O-])c3S(=O)(=O)c3ccccc3)cc2)cc1)CC(O)(Cn1cncn1)c1ccc(F)cc1F. The summed E-state index contributed by atoms with van der Waals surface area (Å²) in [4.78, 5) is 17.8. The summed E-state index contributed by atoms with van der Waals surface area (Å²) in [5, 5.41) is 30.4. The summed E-state index contributed by atoms with van der Waals surface area (Å²) in [6, 6.07) is 25.1. The van der Waals surface area contributed by atoms with Crippen LogP contribution in [0.15, 0.2) is 124 Å². The highest BCUT2D eigenvalue weighted by Crippen LogP contribution is 2.29. The first-order chi connectivity index (χ1) is 29.4. The minimum Gasteiger partial charge on any atom is -0.493 e. The second-order valence-electron chi connectivity index (χ2n) is 14.1. The van der Waals surface area contributed by atoms with Gasteiger partial charge in [-0.3, -0.25) is 14.3 Å². The zero-order valence-electron chi connectivity index (χ0n) is 33.1. The van der Waals surface area contributed by atoms with Crippen LogP contribution in [0.3, 0.4) is 0 Å². The van der Waals surface area contributed by atoms with E-state index in [9.17, 15) is 32.3 Å². The molecule has 0 aliphatic heterocycles. The van der Waals surface area contributed by atoms with Crippen LogP contribution >= 0.6 is 0 Å². The molecular formula is C42H44F2N6O10S. The Labute approximate surface area is 350 Å². The molecule has 0 spiro atoms. The van der Waals surface area contributed by atoms with Gasteiger partial charge in [-0.2, -0.15) is 5.10 Å². The quantitative estimate of drug-likeness (QED) is 0.0523. The van der Waals surface area contributed by atoms with Crippen molar-refractivity contribution in [3.05, 3.63) is 143 Å². The van der Waals surface area contributed by atoms with E-state index in [2.05, 4.69) is 19.9 Å². The molecule has 0 bridgehead atoms. The van der Waals surface area contributed by atoms with E-state index in [-0.39, 0.29) is 48.1 Å². The van der Waals surface area contributed by atoms with Crippen LogP contribution < -0.4 is 19.1 Å². The number of carbonyl (C=O) groups is 1. The topological polar surface area (TPSA) is 195 Å². The summed E-state index contributed by atoms with van der Waals surface area (Å²) in [5.74, 6) is -1.15. The molecule has 4 aromatic carbocycles. The fraction of sp³-hybridized carbons (Fsp3) is 0.310. The van der Waals surface area contributed by atoms with Crippen molar-refractivity contribution in [2.24, 2.45) is 0 Å². The molecule has 1 atom stereocenters. The molecule has 1 unspecified atom stereocenters. The van der Waals surface area contributed by atoms with Crippen LogP contribution in [0.2, 0.25) is 0 Å². The van der Waals surface area contributed by atoms with Gasteiger partial charge in [0.1, 0.15) is 41.4 Å². The van der Waals surface area contributed by atoms with Crippen LogP contribution in [0, 0.1) is 16.8 Å². The first kappa shape index (κ1) is 44.1. The third kappa shape index (κ3) is 12.3. The van der Waals surface area contributed by atoms with Gasteiger partial charge in [0.15, 0.2) is 0 Å². The Morgan fingerprint density at radius 2 is 1.54 bits per heavy atom. The summed E-state index contributed by atoms with van der Waals surface area (Å²) < 4.78 is 82.4. The number of halogens is 2. The Hall–Kier alpha value is -6.44. The zero-order valence-corrected chi connectivity index (χ0v) is 34.0. The Balaban J connectivity index is 0.847. The van der Waals surface area contributed by atoms with Gasteiger partial charge in [0.2, 0.25) is 0 Å². The van der Waals surface area contributed by atoms with Crippen LogP contribution in [0.5, 0.6) is 17.4 Å². The smallest absolute Gasteiger partial charge is 0.414 e. The highest BCUT2D eigenvalue weighted by atomic mass is 32.2. The number of likely N-dealkylation sites (N-methyl/N-ethyl adjacent to an activating group) is 1. The van der Waals surface area contributed by atoms with Crippen molar-refractivity contribution in [2.75, 3.05) is 40.0 Å². The average molecular weight is 863 g/mol. The number of esters is 1. The number of ether oxygens (including phenoxy) is 4. The van der Waals surface area contributed by atoms with Crippen LogP contribution in [-0.4, -0.2) is 84.3 Å². The molecule has 0 fully saturated rings. The number of unbranched alkanes of at least 4 members (excludes halogenated alkanes) is 1. The number of carbonyl (C=O) groups excluding carboxylic acids is 1. The fourth-order valence-corrected chi connectivity index (χ4v) is 7.63. The predicted octanol–water partition coefficient (Wildman–Crippen LogP) is 4.82. The highest BCUT2D eigenvalue weighted by Gasteiger charge is 2.36. The molecule has 61 heavy (non-hydrogen) atoms. The van der Waals surface area contributed by atoms with Gasteiger partial charge in [-0.05, 0) is 78.4 Å². The molecule has 0 saturated heterocycles. The van der Waals surface area contributed by atoms with Crippen LogP contribution in [0.25, 0.3) is 0 Å². The number of sulfone groups is 1. The van der Waals surface area contributed by atoms with Gasteiger partial charge in [0.05, 0.1) is 49.4 Å². The Kier molecular flexibility index (Phi) is 15.0. The molecule has 2 aromatic heterocycles. The summed E-state index contributed by atoms with van der Waals surface area (Å²) in [6.07, 6.45) is 4.22. The number of hydrogen-bond donors (Lipinski definition) is 1. The number of rotatable bonds is 23. The van der Waals surface area contributed by atoms with Crippen LogP contribution in [0.1, 0.15) is 36.0 Å². The van der Waals surface area contributed by atoms with Crippen molar-refractivity contribution in [3.8, 4) is 17.4 Å². The molecular weight excluding hydrogens is 819 g/mol. The lowest BCUT2D eigenvalue weighted by molar-refractivity contribution is -0.832. The van der Waals surface area contributed by atoms with Gasteiger partial charge in [0.25, 0.3) is 9.84 Å². The predicted molar refractivity (Wildman–Crippen MR) is 212 cm³/mol. The largest absolute Gasteiger partial charge is 0.493 e. The summed E-state index contributed by atoms with van der Waals surface area (Å²) in [5.41, 5.74) is -0.0895. The van der Waals surface area contributed by atoms with Crippen molar-refractivity contribution in [3.63, 3.8) is 0 Å².